The van der Waals surface area contributed by atoms with Gasteiger partial charge in [0.15, 0.2) is 0 Å². The zero-order valence-electron chi connectivity index (χ0n) is 10.9. The average molecular weight is 277 g/mol. The van der Waals surface area contributed by atoms with Crippen molar-refractivity contribution in [2.45, 2.75) is 26.3 Å². The molecule has 0 saturated heterocycles. The van der Waals surface area contributed by atoms with Crippen LogP contribution in [0.5, 0.6) is 11.6 Å². The number of pyridine rings is 1. The van der Waals surface area contributed by atoms with E-state index >= 15 is 0 Å². The second-order valence-corrected chi connectivity index (χ2v) is 4.75. The molecular formula is C15H17ClN2O. The molecule has 19 heavy (non-hydrogen) atoms. The molecule has 0 unspecified atom stereocenters. The molecule has 100 valence electrons. The van der Waals surface area contributed by atoms with E-state index in [-0.39, 0.29) is 0 Å². The Morgan fingerprint density at radius 1 is 1.21 bits per heavy atom. The predicted octanol–water partition coefficient (Wildman–Crippen LogP) is 3.94. The Morgan fingerprint density at radius 2 is 1.95 bits per heavy atom. The Kier molecular flexibility index (Phi) is 4.77. The van der Waals surface area contributed by atoms with E-state index in [9.17, 15) is 0 Å². The minimum absolute atomic E-state index is 0.482. The number of rotatable bonds is 5. The molecule has 0 spiro atoms. The van der Waals surface area contributed by atoms with E-state index < -0.39 is 0 Å². The van der Waals surface area contributed by atoms with E-state index in [1.807, 2.05) is 24.3 Å². The number of benzene rings is 1. The van der Waals surface area contributed by atoms with Crippen LogP contribution in [0.1, 0.15) is 24.6 Å². The van der Waals surface area contributed by atoms with Gasteiger partial charge >= 0.3 is 0 Å². The quantitative estimate of drug-likeness (QED) is 0.900. The lowest BCUT2D eigenvalue weighted by atomic mass is 10.1. The van der Waals surface area contributed by atoms with E-state index in [0.717, 1.165) is 24.1 Å². The normalized spacial score (nSPS) is 10.5. The van der Waals surface area contributed by atoms with Gasteiger partial charge in [-0.2, -0.15) is 0 Å². The number of hydrogen-bond acceptors (Lipinski definition) is 3. The SMILES string of the molecule is CCCc1cc(CN)cc(Oc2ccc(Cl)cc2)n1. The van der Waals surface area contributed by atoms with Gasteiger partial charge in [0.1, 0.15) is 5.75 Å². The first-order valence-electron chi connectivity index (χ1n) is 6.34. The highest BCUT2D eigenvalue weighted by atomic mass is 35.5. The smallest absolute Gasteiger partial charge is 0.219 e. The van der Waals surface area contributed by atoms with Crippen molar-refractivity contribution < 1.29 is 4.74 Å². The Morgan fingerprint density at radius 3 is 2.58 bits per heavy atom. The Balaban J connectivity index is 2.23. The van der Waals surface area contributed by atoms with Gasteiger partial charge in [-0.15, -0.1) is 0 Å². The molecule has 0 saturated carbocycles. The van der Waals surface area contributed by atoms with Crippen LogP contribution >= 0.6 is 11.6 Å². The van der Waals surface area contributed by atoms with E-state index in [1.54, 1.807) is 12.1 Å². The van der Waals surface area contributed by atoms with Crippen LogP contribution in [0.3, 0.4) is 0 Å². The van der Waals surface area contributed by atoms with Gasteiger partial charge in [0, 0.05) is 23.3 Å². The van der Waals surface area contributed by atoms with Crippen LogP contribution in [-0.4, -0.2) is 4.98 Å². The molecule has 0 aliphatic heterocycles. The largest absolute Gasteiger partial charge is 0.439 e. The van der Waals surface area contributed by atoms with Gasteiger partial charge in [-0.1, -0.05) is 24.9 Å². The highest BCUT2D eigenvalue weighted by Gasteiger charge is 2.04. The molecule has 2 rings (SSSR count). The van der Waals surface area contributed by atoms with E-state index in [1.165, 1.54) is 0 Å². The summed E-state index contributed by atoms with van der Waals surface area (Å²) in [5.41, 5.74) is 7.73. The third-order valence-electron chi connectivity index (χ3n) is 2.69. The fraction of sp³-hybridized carbons (Fsp3) is 0.267. The number of ether oxygens (including phenoxy) is 1. The Bertz CT molecular complexity index is 540. The second kappa shape index (κ2) is 6.55. The highest BCUT2D eigenvalue weighted by molar-refractivity contribution is 6.30. The zero-order chi connectivity index (χ0) is 13.7. The monoisotopic (exact) mass is 276 g/mol. The number of nitrogens with zero attached hydrogens (tertiary/aromatic N) is 1. The molecule has 1 aromatic carbocycles. The van der Waals surface area contributed by atoms with Crippen LogP contribution in [0.15, 0.2) is 36.4 Å². The first kappa shape index (κ1) is 13.8. The van der Waals surface area contributed by atoms with E-state index in [2.05, 4.69) is 11.9 Å². The van der Waals surface area contributed by atoms with Gasteiger partial charge in [-0.05, 0) is 42.3 Å². The van der Waals surface area contributed by atoms with Gasteiger partial charge < -0.3 is 10.5 Å². The molecule has 0 atom stereocenters. The van der Waals surface area contributed by atoms with Crippen LogP contribution in [0, 0.1) is 0 Å². The summed E-state index contributed by atoms with van der Waals surface area (Å²) >= 11 is 5.84. The van der Waals surface area contributed by atoms with Crippen LogP contribution in [0.2, 0.25) is 5.02 Å². The first-order chi connectivity index (χ1) is 9.21. The molecule has 3 nitrogen and oxygen atoms in total. The maximum atomic E-state index is 5.84. The number of aryl methyl sites for hydroxylation is 1. The van der Waals surface area contributed by atoms with E-state index in [4.69, 9.17) is 22.1 Å². The summed E-state index contributed by atoms with van der Waals surface area (Å²) in [6, 6.07) is 11.1. The maximum absolute atomic E-state index is 5.84. The highest BCUT2D eigenvalue weighted by Crippen LogP contribution is 2.23. The summed E-state index contributed by atoms with van der Waals surface area (Å²) < 4.78 is 5.74. The molecule has 0 fully saturated rings. The lowest BCUT2D eigenvalue weighted by Crippen LogP contribution is -2.01. The predicted molar refractivity (Wildman–Crippen MR) is 77.6 cm³/mol. The van der Waals surface area contributed by atoms with Crippen molar-refractivity contribution in [1.82, 2.24) is 4.98 Å². The van der Waals surface area contributed by atoms with Crippen LogP contribution in [0.25, 0.3) is 0 Å². The van der Waals surface area contributed by atoms with Crippen molar-refractivity contribution in [1.29, 1.82) is 0 Å². The summed E-state index contributed by atoms with van der Waals surface area (Å²) in [6.07, 6.45) is 1.96. The van der Waals surface area contributed by atoms with Gasteiger partial charge in [-0.25, -0.2) is 4.98 Å². The summed E-state index contributed by atoms with van der Waals surface area (Å²) in [7, 11) is 0. The van der Waals surface area contributed by atoms with Gasteiger partial charge in [0.05, 0.1) is 0 Å². The van der Waals surface area contributed by atoms with Crippen LogP contribution < -0.4 is 10.5 Å². The third-order valence-corrected chi connectivity index (χ3v) is 2.94. The fourth-order valence-electron chi connectivity index (χ4n) is 1.80. The number of aromatic nitrogens is 1. The Labute approximate surface area is 118 Å². The summed E-state index contributed by atoms with van der Waals surface area (Å²) in [6.45, 7) is 2.60. The minimum Gasteiger partial charge on any atom is -0.439 e. The molecule has 0 aliphatic rings. The lowest BCUT2D eigenvalue weighted by Gasteiger charge is -2.09. The summed E-state index contributed by atoms with van der Waals surface area (Å²) in [5, 5.41) is 0.683. The molecule has 0 amide bonds. The molecule has 0 radical (unpaired) electrons. The van der Waals surface area contributed by atoms with Crippen LogP contribution in [0.4, 0.5) is 0 Å². The van der Waals surface area contributed by atoms with Crippen molar-refractivity contribution >= 4 is 11.6 Å². The number of hydrogen-bond donors (Lipinski definition) is 1. The van der Waals surface area contributed by atoms with Crippen molar-refractivity contribution in [2.24, 2.45) is 5.73 Å². The van der Waals surface area contributed by atoms with Gasteiger partial charge in [0.2, 0.25) is 5.88 Å². The maximum Gasteiger partial charge on any atom is 0.219 e. The van der Waals surface area contributed by atoms with Crippen molar-refractivity contribution in [2.75, 3.05) is 0 Å². The third kappa shape index (κ3) is 3.94. The van der Waals surface area contributed by atoms with Crippen LogP contribution in [-0.2, 0) is 13.0 Å². The van der Waals surface area contributed by atoms with Gasteiger partial charge in [0.25, 0.3) is 0 Å². The molecule has 0 aliphatic carbocycles. The molecule has 2 N–H and O–H groups in total. The number of nitrogens with two attached hydrogens (primary N) is 1. The number of halogens is 1. The average Bonchev–Trinajstić information content (AvgIpc) is 2.41. The zero-order valence-corrected chi connectivity index (χ0v) is 11.7. The summed E-state index contributed by atoms with van der Waals surface area (Å²) in [4.78, 5) is 4.48. The standard InChI is InChI=1S/C15H17ClN2O/c1-2-3-13-8-11(10-17)9-15(18-13)19-14-6-4-12(16)5-7-14/h4-9H,2-3,10,17H2,1H3. The fourth-order valence-corrected chi connectivity index (χ4v) is 1.92. The van der Waals surface area contributed by atoms with Crippen molar-refractivity contribution in [3.05, 3.63) is 52.7 Å². The molecule has 1 heterocycles. The van der Waals surface area contributed by atoms with E-state index in [0.29, 0.717) is 23.2 Å². The molecule has 2 aromatic rings. The van der Waals surface area contributed by atoms with Gasteiger partial charge in [-0.3, -0.25) is 0 Å². The molecule has 0 bridgehead atoms. The van der Waals surface area contributed by atoms with Crippen molar-refractivity contribution in [3.63, 3.8) is 0 Å². The first-order valence-corrected chi connectivity index (χ1v) is 6.72. The Hall–Kier alpha value is -1.58. The summed E-state index contributed by atoms with van der Waals surface area (Å²) in [5.74, 6) is 1.29. The molecular weight excluding hydrogens is 260 g/mol. The second-order valence-electron chi connectivity index (χ2n) is 4.32. The lowest BCUT2D eigenvalue weighted by molar-refractivity contribution is 0.459. The molecule has 4 heteroatoms. The van der Waals surface area contributed by atoms with Crippen molar-refractivity contribution in [3.8, 4) is 11.6 Å². The molecule has 1 aromatic heterocycles. The topological polar surface area (TPSA) is 48.1 Å². The minimum atomic E-state index is 0.482.